The lowest BCUT2D eigenvalue weighted by Crippen LogP contribution is -2.20. The fourth-order valence-corrected chi connectivity index (χ4v) is 2.16. The van der Waals surface area contributed by atoms with E-state index in [0.29, 0.717) is 5.82 Å². The highest BCUT2D eigenvalue weighted by molar-refractivity contribution is 6.30. The highest BCUT2D eigenvalue weighted by Gasteiger charge is 2.12. The van der Waals surface area contributed by atoms with Crippen LogP contribution in [0.5, 0.6) is 0 Å². The van der Waals surface area contributed by atoms with Crippen LogP contribution in [-0.2, 0) is 13.0 Å². The van der Waals surface area contributed by atoms with E-state index in [0.717, 1.165) is 35.2 Å². The lowest BCUT2D eigenvalue weighted by atomic mass is 10.2. The molecule has 0 amide bonds. The van der Waals surface area contributed by atoms with Crippen LogP contribution < -0.4 is 10.6 Å². The zero-order chi connectivity index (χ0) is 14.7. The van der Waals surface area contributed by atoms with Gasteiger partial charge in [0.25, 0.3) is 0 Å². The van der Waals surface area contributed by atoms with Crippen molar-refractivity contribution in [2.24, 2.45) is 0 Å². The molecule has 0 radical (unpaired) electrons. The van der Waals surface area contributed by atoms with Crippen molar-refractivity contribution in [3.8, 4) is 0 Å². The molecule has 0 spiro atoms. The minimum atomic E-state index is 0.551. The first kappa shape index (κ1) is 14.6. The van der Waals surface area contributed by atoms with Gasteiger partial charge in [0.2, 0.25) is 0 Å². The summed E-state index contributed by atoms with van der Waals surface area (Å²) >= 11 is 5.90. The summed E-state index contributed by atoms with van der Waals surface area (Å²) in [7, 11) is 2.00. The number of nitrogens with two attached hydrogens (primary N) is 1. The Morgan fingerprint density at radius 3 is 2.45 bits per heavy atom. The second kappa shape index (κ2) is 6.09. The largest absolute Gasteiger partial charge is 0.383 e. The molecule has 1 aromatic heterocycles. The summed E-state index contributed by atoms with van der Waals surface area (Å²) in [5.74, 6) is 2.20. The molecule has 0 fully saturated rings. The lowest BCUT2D eigenvalue weighted by molar-refractivity contribution is 0.852. The van der Waals surface area contributed by atoms with Gasteiger partial charge in [0.05, 0.1) is 0 Å². The third kappa shape index (κ3) is 3.20. The van der Waals surface area contributed by atoms with Gasteiger partial charge in [-0.1, -0.05) is 30.7 Å². The van der Waals surface area contributed by atoms with Crippen molar-refractivity contribution in [3.63, 3.8) is 0 Å². The minimum Gasteiger partial charge on any atom is -0.383 e. The first-order valence-electron chi connectivity index (χ1n) is 6.59. The molecule has 1 aromatic carbocycles. The molecule has 0 aliphatic heterocycles. The van der Waals surface area contributed by atoms with Gasteiger partial charge < -0.3 is 10.6 Å². The maximum absolute atomic E-state index is 5.95. The third-order valence-electron chi connectivity index (χ3n) is 3.21. The monoisotopic (exact) mass is 290 g/mol. The van der Waals surface area contributed by atoms with Gasteiger partial charge in [-0.15, -0.1) is 0 Å². The van der Waals surface area contributed by atoms with E-state index in [4.69, 9.17) is 17.3 Å². The predicted octanol–water partition coefficient (Wildman–Crippen LogP) is 3.22. The number of nitrogens with zero attached hydrogens (tertiary/aromatic N) is 3. The molecule has 2 rings (SSSR count). The zero-order valence-corrected chi connectivity index (χ0v) is 12.8. The average Bonchev–Trinajstić information content (AvgIpc) is 2.44. The molecular weight excluding hydrogens is 272 g/mol. The van der Waals surface area contributed by atoms with Gasteiger partial charge in [-0.2, -0.15) is 0 Å². The molecule has 20 heavy (non-hydrogen) atoms. The molecule has 4 nitrogen and oxygen atoms in total. The second-order valence-electron chi connectivity index (χ2n) is 4.81. The summed E-state index contributed by atoms with van der Waals surface area (Å²) in [6, 6.07) is 7.81. The highest BCUT2D eigenvalue weighted by atomic mass is 35.5. The molecule has 0 atom stereocenters. The van der Waals surface area contributed by atoms with E-state index < -0.39 is 0 Å². The smallest absolute Gasteiger partial charge is 0.137 e. The Labute approximate surface area is 124 Å². The molecule has 0 saturated heterocycles. The molecule has 0 aliphatic carbocycles. The number of nitrogen functional groups attached to an aromatic ring is 1. The topological polar surface area (TPSA) is 55.0 Å². The van der Waals surface area contributed by atoms with Gasteiger partial charge in [0.15, 0.2) is 0 Å². The third-order valence-corrected chi connectivity index (χ3v) is 3.47. The number of benzene rings is 1. The summed E-state index contributed by atoms with van der Waals surface area (Å²) in [4.78, 5) is 10.9. The molecule has 0 unspecified atom stereocenters. The summed E-state index contributed by atoms with van der Waals surface area (Å²) in [6.07, 6.45) is 0.770. The zero-order valence-electron chi connectivity index (χ0n) is 12.0. The maximum atomic E-state index is 5.95. The van der Waals surface area contributed by atoms with Crippen LogP contribution in [0.15, 0.2) is 24.3 Å². The highest BCUT2D eigenvalue weighted by Crippen LogP contribution is 2.22. The Hall–Kier alpha value is -1.81. The first-order valence-corrected chi connectivity index (χ1v) is 6.97. The SMILES string of the molecule is CCc1nc(N)c(C)c(N(C)Cc2ccc(Cl)cc2)n1. The maximum Gasteiger partial charge on any atom is 0.137 e. The molecule has 0 bridgehead atoms. The normalized spacial score (nSPS) is 10.6. The summed E-state index contributed by atoms with van der Waals surface area (Å²) < 4.78 is 0. The van der Waals surface area contributed by atoms with Crippen molar-refractivity contribution >= 4 is 23.2 Å². The summed E-state index contributed by atoms with van der Waals surface area (Å²) in [5.41, 5.74) is 8.04. The van der Waals surface area contributed by atoms with Crippen molar-refractivity contribution in [2.45, 2.75) is 26.8 Å². The molecule has 1 heterocycles. The van der Waals surface area contributed by atoms with Gasteiger partial charge in [0, 0.05) is 30.6 Å². The average molecular weight is 291 g/mol. The van der Waals surface area contributed by atoms with E-state index in [9.17, 15) is 0 Å². The Balaban J connectivity index is 2.26. The van der Waals surface area contributed by atoms with Crippen LogP contribution in [0, 0.1) is 6.92 Å². The second-order valence-corrected chi connectivity index (χ2v) is 5.25. The molecule has 0 aliphatic rings. The van der Waals surface area contributed by atoms with Crippen LogP contribution in [0.4, 0.5) is 11.6 Å². The van der Waals surface area contributed by atoms with Crippen LogP contribution in [0.25, 0.3) is 0 Å². The molecule has 5 heteroatoms. The van der Waals surface area contributed by atoms with Crippen molar-refractivity contribution in [1.29, 1.82) is 0 Å². The van der Waals surface area contributed by atoms with Gasteiger partial charge in [-0.05, 0) is 24.6 Å². The number of aryl methyl sites for hydroxylation is 1. The van der Waals surface area contributed by atoms with Crippen molar-refractivity contribution in [3.05, 3.63) is 46.2 Å². The van der Waals surface area contributed by atoms with E-state index in [1.54, 1.807) is 0 Å². The number of aromatic nitrogens is 2. The Morgan fingerprint density at radius 1 is 1.20 bits per heavy atom. The molecule has 0 saturated carbocycles. The summed E-state index contributed by atoms with van der Waals surface area (Å²) in [5, 5.41) is 0.743. The predicted molar refractivity (Wildman–Crippen MR) is 84.1 cm³/mol. The van der Waals surface area contributed by atoms with Crippen molar-refractivity contribution < 1.29 is 0 Å². The summed E-state index contributed by atoms with van der Waals surface area (Å²) in [6.45, 7) is 4.72. The van der Waals surface area contributed by atoms with Gasteiger partial charge >= 0.3 is 0 Å². The molecule has 2 N–H and O–H groups in total. The van der Waals surface area contributed by atoms with Crippen LogP contribution in [-0.4, -0.2) is 17.0 Å². The fraction of sp³-hybridized carbons (Fsp3) is 0.333. The van der Waals surface area contributed by atoms with E-state index in [2.05, 4.69) is 14.9 Å². The fourth-order valence-electron chi connectivity index (χ4n) is 2.04. The number of rotatable bonds is 4. The van der Waals surface area contributed by atoms with Crippen molar-refractivity contribution in [1.82, 2.24) is 9.97 Å². The Morgan fingerprint density at radius 2 is 1.85 bits per heavy atom. The number of anilines is 2. The van der Waals surface area contributed by atoms with Gasteiger partial charge in [-0.25, -0.2) is 9.97 Å². The van der Waals surface area contributed by atoms with Crippen molar-refractivity contribution in [2.75, 3.05) is 17.7 Å². The molecular formula is C15H19ClN4. The number of hydrogen-bond acceptors (Lipinski definition) is 4. The quantitative estimate of drug-likeness (QED) is 0.939. The Kier molecular flexibility index (Phi) is 4.45. The standard InChI is InChI=1S/C15H19ClN4/c1-4-13-18-14(17)10(2)15(19-13)20(3)9-11-5-7-12(16)8-6-11/h5-8H,4,9H2,1-3H3,(H2,17,18,19). The molecule has 2 aromatic rings. The van der Waals surface area contributed by atoms with Crippen LogP contribution >= 0.6 is 11.6 Å². The molecule has 106 valence electrons. The van der Waals surface area contributed by atoms with Gasteiger partial charge in [-0.3, -0.25) is 0 Å². The Bertz CT molecular complexity index is 596. The van der Waals surface area contributed by atoms with Gasteiger partial charge in [0.1, 0.15) is 17.5 Å². The lowest BCUT2D eigenvalue weighted by Gasteiger charge is -2.21. The number of hydrogen-bond donors (Lipinski definition) is 1. The number of halogens is 1. The van der Waals surface area contributed by atoms with E-state index >= 15 is 0 Å². The first-order chi connectivity index (χ1) is 9.51. The van der Waals surface area contributed by atoms with Crippen LogP contribution in [0.1, 0.15) is 23.9 Å². The van der Waals surface area contributed by atoms with Crippen LogP contribution in [0.3, 0.4) is 0 Å². The minimum absolute atomic E-state index is 0.551. The van der Waals surface area contributed by atoms with E-state index in [1.165, 1.54) is 5.56 Å². The van der Waals surface area contributed by atoms with E-state index in [-0.39, 0.29) is 0 Å². The van der Waals surface area contributed by atoms with E-state index in [1.807, 2.05) is 45.2 Å². The van der Waals surface area contributed by atoms with Crippen LogP contribution in [0.2, 0.25) is 5.02 Å².